The number of aliphatic hydroxyl groups is 1. The Labute approximate surface area is 130 Å². The zero-order chi connectivity index (χ0) is 14.5. The number of thiazole rings is 1. The first kappa shape index (κ1) is 15.4. The Hall–Kier alpha value is -0.530. The largest absolute Gasteiger partial charge is 0.385 e. The van der Waals surface area contributed by atoms with Gasteiger partial charge in [0.2, 0.25) is 0 Å². The molecule has 5 nitrogen and oxygen atoms in total. The molecular weight excluding hydrogens is 286 g/mol. The molecule has 1 aromatic heterocycles. The van der Waals surface area contributed by atoms with Crippen LogP contribution in [0.4, 0.5) is 0 Å². The summed E-state index contributed by atoms with van der Waals surface area (Å²) in [6, 6.07) is 0. The molecule has 1 saturated heterocycles. The van der Waals surface area contributed by atoms with Gasteiger partial charge in [0.15, 0.2) is 0 Å². The maximum atomic E-state index is 10.4. The normalized spacial score (nSPS) is 26.3. The van der Waals surface area contributed by atoms with Gasteiger partial charge in [-0.3, -0.25) is 0 Å². The minimum atomic E-state index is -0.793. The number of nitrogens with zero attached hydrogens (tertiary/aromatic N) is 1. The van der Waals surface area contributed by atoms with Crippen LogP contribution in [0, 0.1) is 0 Å². The van der Waals surface area contributed by atoms with E-state index in [9.17, 15) is 5.11 Å². The van der Waals surface area contributed by atoms with E-state index in [-0.39, 0.29) is 0 Å². The second kappa shape index (κ2) is 7.15. The van der Waals surface area contributed by atoms with Crippen molar-refractivity contribution in [3.05, 3.63) is 15.6 Å². The second-order valence-corrected chi connectivity index (χ2v) is 7.23. The van der Waals surface area contributed by atoms with Crippen LogP contribution in [-0.2, 0) is 24.0 Å². The number of aromatic nitrogens is 1. The van der Waals surface area contributed by atoms with Gasteiger partial charge in [0.25, 0.3) is 0 Å². The lowest BCUT2D eigenvalue weighted by atomic mass is 10.0. The monoisotopic (exact) mass is 311 g/mol. The molecule has 1 atom stereocenters. The third-order valence-corrected chi connectivity index (χ3v) is 5.32. The number of aryl methyl sites for hydroxylation is 2. The number of ether oxygens (including phenoxy) is 1. The Kier molecular flexibility index (Phi) is 5.24. The highest BCUT2D eigenvalue weighted by molar-refractivity contribution is 7.11. The molecule has 0 spiro atoms. The molecule has 1 fully saturated rings. The number of fused-ring (bicyclic) bond motifs is 1. The molecule has 1 aliphatic carbocycles. The SMILES string of the molecule is O[C@@]1(CNCCc2nc3c(s2)CCCC3)CNCCOC1. The van der Waals surface area contributed by atoms with E-state index < -0.39 is 5.60 Å². The fourth-order valence-corrected chi connectivity index (χ4v) is 4.08. The number of β-amino-alcohol motifs (C(OH)–C–C–N with tert-alkyl or cyclic N) is 1. The lowest BCUT2D eigenvalue weighted by Gasteiger charge is -2.26. The summed E-state index contributed by atoms with van der Waals surface area (Å²) in [4.78, 5) is 6.24. The van der Waals surface area contributed by atoms with Crippen molar-refractivity contribution in [1.82, 2.24) is 15.6 Å². The first-order valence-corrected chi connectivity index (χ1v) is 8.76. The highest BCUT2D eigenvalue weighted by Gasteiger charge is 2.28. The fraction of sp³-hybridized carbons (Fsp3) is 0.800. The van der Waals surface area contributed by atoms with Crippen LogP contribution in [0.25, 0.3) is 0 Å². The van der Waals surface area contributed by atoms with Crippen LogP contribution in [0.5, 0.6) is 0 Å². The second-order valence-electron chi connectivity index (χ2n) is 6.07. The van der Waals surface area contributed by atoms with Gasteiger partial charge in [-0.25, -0.2) is 4.98 Å². The topological polar surface area (TPSA) is 66.4 Å². The molecule has 0 unspecified atom stereocenters. The van der Waals surface area contributed by atoms with Gasteiger partial charge in [-0.1, -0.05) is 0 Å². The molecule has 118 valence electrons. The van der Waals surface area contributed by atoms with Gasteiger partial charge in [0.1, 0.15) is 5.60 Å². The number of hydrogen-bond donors (Lipinski definition) is 3. The fourth-order valence-electron chi connectivity index (χ4n) is 2.92. The minimum Gasteiger partial charge on any atom is -0.385 e. The van der Waals surface area contributed by atoms with E-state index in [1.807, 2.05) is 11.3 Å². The standard InChI is InChI=1S/C15H25N3O2S/c19-15(10-17-7-8-20-11-15)9-16-6-5-14-18-12-3-1-2-4-13(12)21-14/h16-17,19H,1-11H2/t15-/m0/s1. The summed E-state index contributed by atoms with van der Waals surface area (Å²) < 4.78 is 5.42. The molecule has 0 radical (unpaired) electrons. The molecule has 3 rings (SSSR count). The van der Waals surface area contributed by atoms with Crippen LogP contribution in [0.1, 0.15) is 28.4 Å². The van der Waals surface area contributed by atoms with Crippen LogP contribution in [-0.4, -0.2) is 55.1 Å². The average molecular weight is 311 g/mol. The lowest BCUT2D eigenvalue weighted by Crippen LogP contribution is -2.50. The predicted molar refractivity (Wildman–Crippen MR) is 84.0 cm³/mol. The van der Waals surface area contributed by atoms with Crippen molar-refractivity contribution in [2.45, 2.75) is 37.7 Å². The van der Waals surface area contributed by atoms with Crippen LogP contribution in [0.3, 0.4) is 0 Å². The summed E-state index contributed by atoms with van der Waals surface area (Å²) in [6.45, 7) is 3.89. The molecule has 0 aromatic carbocycles. The van der Waals surface area contributed by atoms with E-state index in [4.69, 9.17) is 9.72 Å². The summed E-state index contributed by atoms with van der Waals surface area (Å²) in [5.74, 6) is 0. The van der Waals surface area contributed by atoms with Gasteiger partial charge < -0.3 is 20.5 Å². The molecule has 1 aliphatic heterocycles. The van der Waals surface area contributed by atoms with Gasteiger partial charge in [-0.15, -0.1) is 11.3 Å². The van der Waals surface area contributed by atoms with Gasteiger partial charge in [-0.05, 0) is 25.7 Å². The average Bonchev–Trinajstić information content (AvgIpc) is 2.78. The maximum absolute atomic E-state index is 10.4. The summed E-state index contributed by atoms with van der Waals surface area (Å²) >= 11 is 1.87. The van der Waals surface area contributed by atoms with Crippen LogP contribution < -0.4 is 10.6 Å². The molecule has 2 heterocycles. The number of rotatable bonds is 5. The molecule has 0 saturated carbocycles. The first-order chi connectivity index (χ1) is 10.3. The van der Waals surface area contributed by atoms with E-state index in [0.717, 1.165) is 25.9 Å². The molecule has 1 aromatic rings. The summed E-state index contributed by atoms with van der Waals surface area (Å²) in [6.07, 6.45) is 5.91. The van der Waals surface area contributed by atoms with Crippen LogP contribution in [0.2, 0.25) is 0 Å². The summed E-state index contributed by atoms with van der Waals surface area (Å²) in [5, 5.41) is 18.2. The van der Waals surface area contributed by atoms with Crippen molar-refractivity contribution in [3.63, 3.8) is 0 Å². The van der Waals surface area contributed by atoms with Gasteiger partial charge in [0.05, 0.1) is 23.9 Å². The van der Waals surface area contributed by atoms with Crippen LogP contribution in [0.15, 0.2) is 0 Å². The third kappa shape index (κ3) is 4.23. The zero-order valence-corrected chi connectivity index (χ0v) is 13.3. The predicted octanol–water partition coefficient (Wildman–Crippen LogP) is 0.505. The third-order valence-electron chi connectivity index (χ3n) is 4.11. The van der Waals surface area contributed by atoms with Crippen molar-refractivity contribution < 1.29 is 9.84 Å². The van der Waals surface area contributed by atoms with Crippen molar-refractivity contribution >= 4 is 11.3 Å². The molecule has 0 amide bonds. The van der Waals surface area contributed by atoms with Crippen molar-refractivity contribution in [2.24, 2.45) is 0 Å². The molecule has 0 bridgehead atoms. The van der Waals surface area contributed by atoms with Gasteiger partial charge in [0, 0.05) is 37.5 Å². The summed E-state index contributed by atoms with van der Waals surface area (Å²) in [5.41, 5.74) is 0.541. The Morgan fingerprint density at radius 1 is 1.38 bits per heavy atom. The van der Waals surface area contributed by atoms with Crippen molar-refractivity contribution in [2.75, 3.05) is 39.4 Å². The smallest absolute Gasteiger partial charge is 0.113 e. The summed E-state index contributed by atoms with van der Waals surface area (Å²) in [7, 11) is 0. The Morgan fingerprint density at radius 3 is 3.19 bits per heavy atom. The molecule has 21 heavy (non-hydrogen) atoms. The van der Waals surface area contributed by atoms with Crippen molar-refractivity contribution in [3.8, 4) is 0 Å². The van der Waals surface area contributed by atoms with Crippen LogP contribution >= 0.6 is 11.3 Å². The maximum Gasteiger partial charge on any atom is 0.113 e. The zero-order valence-electron chi connectivity index (χ0n) is 12.5. The van der Waals surface area contributed by atoms with Crippen molar-refractivity contribution in [1.29, 1.82) is 0 Å². The van der Waals surface area contributed by atoms with E-state index in [1.165, 1.54) is 34.8 Å². The molecular formula is C15H25N3O2S. The van der Waals surface area contributed by atoms with E-state index in [2.05, 4.69) is 10.6 Å². The van der Waals surface area contributed by atoms with Gasteiger partial charge in [-0.2, -0.15) is 0 Å². The van der Waals surface area contributed by atoms with E-state index >= 15 is 0 Å². The van der Waals surface area contributed by atoms with E-state index in [0.29, 0.717) is 26.3 Å². The number of hydrogen-bond acceptors (Lipinski definition) is 6. The van der Waals surface area contributed by atoms with E-state index in [1.54, 1.807) is 0 Å². The highest BCUT2D eigenvalue weighted by atomic mass is 32.1. The number of nitrogens with one attached hydrogen (secondary N) is 2. The van der Waals surface area contributed by atoms with Gasteiger partial charge >= 0.3 is 0 Å². The quantitative estimate of drug-likeness (QED) is 0.691. The lowest BCUT2D eigenvalue weighted by molar-refractivity contribution is -0.0260. The highest BCUT2D eigenvalue weighted by Crippen LogP contribution is 2.26. The first-order valence-electron chi connectivity index (χ1n) is 7.94. The minimum absolute atomic E-state index is 0.401. The Balaban J connectivity index is 1.42. The molecule has 3 N–H and O–H groups in total. The Morgan fingerprint density at radius 2 is 2.29 bits per heavy atom. The Bertz CT molecular complexity index is 432. The molecule has 2 aliphatic rings. The molecule has 6 heteroatoms.